The first-order valence-corrected chi connectivity index (χ1v) is 8.90. The van der Waals surface area contributed by atoms with Gasteiger partial charge in [0.05, 0.1) is 7.05 Å². The van der Waals surface area contributed by atoms with Gasteiger partial charge < -0.3 is 15.5 Å². The molecule has 0 aliphatic heterocycles. The standard InChI is InChI=1S/C19H22BrN3O2/c1-13-11-15(20)9-10-17(13)22-18(24)12-23(3)14(2)19(25)21-16-7-5-4-6-8-16/h4-11,14H,12H2,1-3H3,(H,21,25)(H,22,24)/p+1/t14-/m0/s1. The summed E-state index contributed by atoms with van der Waals surface area (Å²) < 4.78 is 0.969. The van der Waals surface area contributed by atoms with E-state index in [1.807, 2.05) is 69.4 Å². The third kappa shape index (κ3) is 5.69. The van der Waals surface area contributed by atoms with Crippen molar-refractivity contribution in [3.63, 3.8) is 0 Å². The largest absolute Gasteiger partial charge is 0.321 e. The summed E-state index contributed by atoms with van der Waals surface area (Å²) in [7, 11) is 1.84. The van der Waals surface area contributed by atoms with Crippen LogP contribution in [0.3, 0.4) is 0 Å². The first-order chi connectivity index (χ1) is 11.9. The summed E-state index contributed by atoms with van der Waals surface area (Å²) in [5, 5.41) is 5.76. The van der Waals surface area contributed by atoms with Gasteiger partial charge in [-0.2, -0.15) is 0 Å². The molecule has 5 nitrogen and oxygen atoms in total. The Labute approximate surface area is 156 Å². The monoisotopic (exact) mass is 404 g/mol. The molecule has 2 amide bonds. The van der Waals surface area contributed by atoms with Gasteiger partial charge in [0.25, 0.3) is 11.8 Å². The van der Waals surface area contributed by atoms with Crippen LogP contribution in [0, 0.1) is 6.92 Å². The van der Waals surface area contributed by atoms with Crippen LogP contribution in [0.25, 0.3) is 0 Å². The van der Waals surface area contributed by atoms with E-state index < -0.39 is 0 Å². The van der Waals surface area contributed by atoms with Crippen molar-refractivity contribution >= 4 is 39.1 Å². The van der Waals surface area contributed by atoms with Gasteiger partial charge in [0.15, 0.2) is 12.6 Å². The van der Waals surface area contributed by atoms with Gasteiger partial charge in [0, 0.05) is 15.8 Å². The zero-order chi connectivity index (χ0) is 18.4. The van der Waals surface area contributed by atoms with E-state index in [4.69, 9.17) is 0 Å². The van der Waals surface area contributed by atoms with Gasteiger partial charge in [-0.15, -0.1) is 0 Å². The Morgan fingerprint density at radius 2 is 1.80 bits per heavy atom. The predicted octanol–water partition coefficient (Wildman–Crippen LogP) is 2.24. The van der Waals surface area contributed by atoms with Crippen molar-refractivity contribution in [2.24, 2.45) is 0 Å². The second kappa shape index (κ2) is 8.78. The van der Waals surface area contributed by atoms with Crippen molar-refractivity contribution in [1.82, 2.24) is 0 Å². The van der Waals surface area contributed by atoms with E-state index in [0.717, 1.165) is 26.3 Å². The molecule has 2 aromatic carbocycles. The van der Waals surface area contributed by atoms with E-state index in [0.29, 0.717) is 0 Å². The molecule has 0 aromatic heterocycles. The van der Waals surface area contributed by atoms with Gasteiger partial charge >= 0.3 is 0 Å². The van der Waals surface area contributed by atoms with E-state index in [9.17, 15) is 9.59 Å². The topological polar surface area (TPSA) is 62.6 Å². The second-order valence-corrected chi connectivity index (χ2v) is 7.02. The van der Waals surface area contributed by atoms with Gasteiger partial charge in [0.2, 0.25) is 0 Å². The highest BCUT2D eigenvalue weighted by Gasteiger charge is 2.24. The lowest BCUT2D eigenvalue weighted by molar-refractivity contribution is -0.885. The fourth-order valence-corrected chi connectivity index (χ4v) is 2.84. The molecule has 0 fully saturated rings. The Morgan fingerprint density at radius 1 is 1.12 bits per heavy atom. The number of carbonyl (C=O) groups excluding carboxylic acids is 2. The van der Waals surface area contributed by atoms with Crippen LogP contribution in [0.4, 0.5) is 11.4 Å². The number of para-hydroxylation sites is 1. The zero-order valence-corrected chi connectivity index (χ0v) is 16.2. The van der Waals surface area contributed by atoms with Crippen LogP contribution in [0.2, 0.25) is 0 Å². The molecule has 2 atom stereocenters. The Morgan fingerprint density at radius 3 is 2.44 bits per heavy atom. The summed E-state index contributed by atoms with van der Waals surface area (Å²) in [6.45, 7) is 3.96. The number of anilines is 2. The van der Waals surface area contributed by atoms with Crippen LogP contribution in [-0.4, -0.2) is 31.4 Å². The number of benzene rings is 2. The van der Waals surface area contributed by atoms with E-state index in [2.05, 4.69) is 26.6 Å². The average Bonchev–Trinajstić information content (AvgIpc) is 2.57. The van der Waals surface area contributed by atoms with Gasteiger partial charge in [-0.05, 0) is 49.7 Å². The number of hydrogen-bond donors (Lipinski definition) is 3. The van der Waals surface area contributed by atoms with E-state index in [1.165, 1.54) is 0 Å². The molecule has 0 aliphatic rings. The lowest BCUT2D eigenvalue weighted by Crippen LogP contribution is -3.14. The second-order valence-electron chi connectivity index (χ2n) is 6.11. The Hall–Kier alpha value is -2.18. The molecule has 2 rings (SSSR count). The fraction of sp³-hybridized carbons (Fsp3) is 0.263. The number of nitrogens with one attached hydrogen (secondary N) is 3. The highest BCUT2D eigenvalue weighted by molar-refractivity contribution is 9.10. The zero-order valence-electron chi connectivity index (χ0n) is 14.6. The van der Waals surface area contributed by atoms with Crippen molar-refractivity contribution in [3.8, 4) is 0 Å². The smallest absolute Gasteiger partial charge is 0.282 e. The first kappa shape index (κ1) is 19.1. The maximum Gasteiger partial charge on any atom is 0.282 e. The third-order valence-corrected chi connectivity index (χ3v) is 4.57. The van der Waals surface area contributed by atoms with Gasteiger partial charge in [0.1, 0.15) is 0 Å². The Balaban J connectivity index is 1.90. The summed E-state index contributed by atoms with van der Waals surface area (Å²) in [6.07, 6.45) is 0. The number of amides is 2. The van der Waals surface area contributed by atoms with E-state index in [1.54, 1.807) is 0 Å². The number of halogens is 1. The number of hydrogen-bond acceptors (Lipinski definition) is 2. The number of rotatable bonds is 6. The molecule has 0 spiro atoms. The molecule has 0 radical (unpaired) electrons. The molecule has 2 aromatic rings. The van der Waals surface area contributed by atoms with Crippen molar-refractivity contribution in [3.05, 3.63) is 58.6 Å². The van der Waals surface area contributed by atoms with Crippen molar-refractivity contribution in [1.29, 1.82) is 0 Å². The van der Waals surface area contributed by atoms with Crippen LogP contribution in [0.15, 0.2) is 53.0 Å². The number of aryl methyl sites for hydroxylation is 1. The molecule has 0 bridgehead atoms. The highest BCUT2D eigenvalue weighted by atomic mass is 79.9. The molecule has 25 heavy (non-hydrogen) atoms. The molecule has 6 heteroatoms. The Kier molecular flexibility index (Phi) is 6.73. The minimum absolute atomic E-state index is 0.115. The molecule has 0 saturated heterocycles. The summed E-state index contributed by atoms with van der Waals surface area (Å²) >= 11 is 3.40. The molecular weight excluding hydrogens is 382 g/mol. The highest BCUT2D eigenvalue weighted by Crippen LogP contribution is 2.19. The molecule has 1 unspecified atom stereocenters. The van der Waals surface area contributed by atoms with Gasteiger partial charge in [-0.1, -0.05) is 34.1 Å². The third-order valence-electron chi connectivity index (χ3n) is 4.08. The van der Waals surface area contributed by atoms with Crippen LogP contribution in [0.1, 0.15) is 12.5 Å². The molecule has 3 N–H and O–H groups in total. The van der Waals surface area contributed by atoms with E-state index >= 15 is 0 Å². The van der Waals surface area contributed by atoms with Gasteiger partial charge in [-0.3, -0.25) is 9.59 Å². The van der Waals surface area contributed by atoms with Crippen LogP contribution in [0.5, 0.6) is 0 Å². The molecule has 0 saturated carbocycles. The maximum atomic E-state index is 12.3. The molecule has 0 aliphatic carbocycles. The molecule has 0 heterocycles. The summed E-state index contributed by atoms with van der Waals surface area (Å²) in [6, 6.07) is 14.6. The summed E-state index contributed by atoms with van der Waals surface area (Å²) in [4.78, 5) is 25.4. The van der Waals surface area contributed by atoms with Crippen LogP contribution < -0.4 is 15.5 Å². The van der Waals surface area contributed by atoms with Crippen molar-refractivity contribution in [2.45, 2.75) is 19.9 Å². The number of carbonyl (C=O) groups is 2. The minimum atomic E-state index is -0.350. The number of likely N-dealkylation sites (N-methyl/N-ethyl adjacent to an activating group) is 1. The minimum Gasteiger partial charge on any atom is -0.321 e. The Bertz CT molecular complexity index is 750. The summed E-state index contributed by atoms with van der Waals surface area (Å²) in [5.74, 6) is -0.237. The van der Waals surface area contributed by atoms with Crippen molar-refractivity contribution in [2.75, 3.05) is 24.2 Å². The SMILES string of the molecule is Cc1cc(Br)ccc1NC(=O)C[NH+](C)[C@@H](C)C(=O)Nc1ccccc1. The van der Waals surface area contributed by atoms with E-state index in [-0.39, 0.29) is 24.4 Å². The maximum absolute atomic E-state index is 12.3. The normalized spacial score (nSPS) is 13.0. The molecular formula is C19H23BrN3O2+. The van der Waals surface area contributed by atoms with Crippen LogP contribution >= 0.6 is 15.9 Å². The summed E-state index contributed by atoms with van der Waals surface area (Å²) in [5.41, 5.74) is 2.51. The molecule has 132 valence electrons. The quantitative estimate of drug-likeness (QED) is 0.691. The number of quaternary nitrogens is 1. The lowest BCUT2D eigenvalue weighted by atomic mass is 10.2. The first-order valence-electron chi connectivity index (χ1n) is 8.11. The lowest BCUT2D eigenvalue weighted by Gasteiger charge is -2.21. The van der Waals surface area contributed by atoms with Gasteiger partial charge in [-0.25, -0.2) is 0 Å². The average molecular weight is 405 g/mol. The van der Waals surface area contributed by atoms with Crippen molar-refractivity contribution < 1.29 is 14.5 Å². The van der Waals surface area contributed by atoms with Crippen LogP contribution in [-0.2, 0) is 9.59 Å². The predicted molar refractivity (Wildman–Crippen MR) is 104 cm³/mol. The fourth-order valence-electron chi connectivity index (χ4n) is 2.36.